The largest absolute Gasteiger partial charge is 0.489 e. The van der Waals surface area contributed by atoms with Gasteiger partial charge in [-0.25, -0.2) is 10.8 Å². The number of benzene rings is 2. The van der Waals surface area contributed by atoms with Gasteiger partial charge in [0.25, 0.3) is 0 Å². The van der Waals surface area contributed by atoms with Gasteiger partial charge in [-0.2, -0.15) is 0 Å². The van der Waals surface area contributed by atoms with E-state index < -0.39 is 0 Å². The van der Waals surface area contributed by atoms with E-state index in [2.05, 4.69) is 29.5 Å². The van der Waals surface area contributed by atoms with Crippen LogP contribution in [0.25, 0.3) is 10.2 Å². The predicted molar refractivity (Wildman–Crippen MR) is 82.9 cm³/mol. The van der Waals surface area contributed by atoms with Gasteiger partial charge < -0.3 is 4.74 Å². The number of hydrogen-bond acceptors (Lipinski definition) is 5. The zero-order chi connectivity index (χ0) is 13.9. The molecule has 0 unspecified atom stereocenters. The standard InChI is InChI=1S/C15H15N3OS/c1-10-4-2-3-5-11(10)9-19-12-6-7-13-14(8-12)20-15(17-13)18-16/h2-8H,9,16H2,1H3,(H,17,18). The van der Waals surface area contributed by atoms with E-state index in [-0.39, 0.29) is 0 Å². The van der Waals surface area contributed by atoms with Crippen molar-refractivity contribution in [2.24, 2.45) is 5.84 Å². The predicted octanol–water partition coefficient (Wildman–Crippen LogP) is 3.47. The fourth-order valence-electron chi connectivity index (χ4n) is 1.99. The molecule has 1 heterocycles. The summed E-state index contributed by atoms with van der Waals surface area (Å²) in [5.74, 6) is 6.21. The molecule has 20 heavy (non-hydrogen) atoms. The van der Waals surface area contributed by atoms with Crippen LogP contribution in [0.1, 0.15) is 11.1 Å². The van der Waals surface area contributed by atoms with E-state index in [9.17, 15) is 0 Å². The third-order valence-corrected chi connectivity index (χ3v) is 4.09. The maximum atomic E-state index is 5.85. The van der Waals surface area contributed by atoms with E-state index in [0.717, 1.165) is 16.0 Å². The monoisotopic (exact) mass is 285 g/mol. The van der Waals surface area contributed by atoms with Gasteiger partial charge in [0.15, 0.2) is 5.13 Å². The lowest BCUT2D eigenvalue weighted by Gasteiger charge is -2.08. The van der Waals surface area contributed by atoms with Crippen LogP contribution in [0.5, 0.6) is 5.75 Å². The summed E-state index contributed by atoms with van der Waals surface area (Å²) in [6.45, 7) is 2.66. The van der Waals surface area contributed by atoms with Crippen molar-refractivity contribution in [2.45, 2.75) is 13.5 Å². The van der Waals surface area contributed by atoms with E-state index in [1.54, 1.807) is 0 Å². The molecule has 0 amide bonds. The highest BCUT2D eigenvalue weighted by atomic mass is 32.1. The molecule has 4 nitrogen and oxygen atoms in total. The zero-order valence-electron chi connectivity index (χ0n) is 11.1. The molecular weight excluding hydrogens is 270 g/mol. The van der Waals surface area contributed by atoms with Crippen molar-refractivity contribution < 1.29 is 4.74 Å². The SMILES string of the molecule is Cc1ccccc1COc1ccc2nc(NN)sc2c1. The fraction of sp³-hybridized carbons (Fsp3) is 0.133. The van der Waals surface area contributed by atoms with Gasteiger partial charge in [0.1, 0.15) is 12.4 Å². The number of anilines is 1. The summed E-state index contributed by atoms with van der Waals surface area (Å²) in [5.41, 5.74) is 5.92. The number of nitrogens with one attached hydrogen (secondary N) is 1. The van der Waals surface area contributed by atoms with Crippen molar-refractivity contribution in [1.82, 2.24) is 4.98 Å². The van der Waals surface area contributed by atoms with E-state index >= 15 is 0 Å². The second kappa shape index (κ2) is 5.48. The van der Waals surface area contributed by atoms with E-state index in [1.807, 2.05) is 30.3 Å². The smallest absolute Gasteiger partial charge is 0.198 e. The first-order chi connectivity index (χ1) is 9.76. The molecule has 0 aliphatic heterocycles. The molecule has 0 saturated carbocycles. The number of aryl methyl sites for hydroxylation is 1. The van der Waals surface area contributed by atoms with Gasteiger partial charge in [0.2, 0.25) is 0 Å². The number of hydrazine groups is 1. The minimum atomic E-state index is 0.568. The third kappa shape index (κ3) is 2.59. The second-order valence-corrected chi connectivity index (χ2v) is 5.54. The summed E-state index contributed by atoms with van der Waals surface area (Å²) >= 11 is 1.51. The number of thiazole rings is 1. The van der Waals surface area contributed by atoms with E-state index in [1.165, 1.54) is 22.5 Å². The summed E-state index contributed by atoms with van der Waals surface area (Å²) in [4.78, 5) is 4.33. The van der Waals surface area contributed by atoms with Gasteiger partial charge in [-0.15, -0.1) is 0 Å². The molecular formula is C15H15N3OS. The number of ether oxygens (including phenoxy) is 1. The topological polar surface area (TPSA) is 60.2 Å². The Morgan fingerprint density at radius 1 is 1.25 bits per heavy atom. The van der Waals surface area contributed by atoms with Crippen LogP contribution in [0.4, 0.5) is 5.13 Å². The van der Waals surface area contributed by atoms with Gasteiger partial charge in [0, 0.05) is 0 Å². The fourth-order valence-corrected chi connectivity index (χ4v) is 2.79. The van der Waals surface area contributed by atoms with Crippen LogP contribution >= 0.6 is 11.3 Å². The normalized spacial score (nSPS) is 10.7. The van der Waals surface area contributed by atoms with Gasteiger partial charge >= 0.3 is 0 Å². The molecule has 1 aromatic heterocycles. The number of aromatic nitrogens is 1. The van der Waals surface area contributed by atoms with Crippen LogP contribution in [-0.4, -0.2) is 4.98 Å². The van der Waals surface area contributed by atoms with E-state index in [0.29, 0.717) is 11.7 Å². The Kier molecular flexibility index (Phi) is 3.54. The Morgan fingerprint density at radius 3 is 2.90 bits per heavy atom. The number of rotatable bonds is 4. The average molecular weight is 285 g/mol. The summed E-state index contributed by atoms with van der Waals surface area (Å²) < 4.78 is 6.91. The molecule has 0 bridgehead atoms. The molecule has 0 saturated heterocycles. The summed E-state index contributed by atoms with van der Waals surface area (Å²) in [5, 5.41) is 0.705. The highest BCUT2D eigenvalue weighted by molar-refractivity contribution is 7.22. The maximum absolute atomic E-state index is 5.85. The quantitative estimate of drug-likeness (QED) is 0.569. The molecule has 0 radical (unpaired) electrons. The minimum absolute atomic E-state index is 0.568. The van der Waals surface area contributed by atoms with Gasteiger partial charge in [0.05, 0.1) is 10.2 Å². The van der Waals surface area contributed by atoms with Gasteiger partial charge in [-0.1, -0.05) is 35.6 Å². The Hall–Kier alpha value is -2.11. The first-order valence-electron chi connectivity index (χ1n) is 6.31. The van der Waals surface area contributed by atoms with Crippen molar-refractivity contribution in [3.63, 3.8) is 0 Å². The Labute approximate surface area is 121 Å². The summed E-state index contributed by atoms with van der Waals surface area (Å²) in [7, 11) is 0. The number of nitrogen functional groups attached to an aromatic ring is 1. The van der Waals surface area contributed by atoms with Crippen LogP contribution in [0.2, 0.25) is 0 Å². The van der Waals surface area contributed by atoms with Crippen molar-refractivity contribution in [1.29, 1.82) is 0 Å². The molecule has 5 heteroatoms. The first kappa shape index (κ1) is 12.9. The number of fused-ring (bicyclic) bond motifs is 1. The van der Waals surface area contributed by atoms with Gasteiger partial charge in [-0.05, 0) is 36.2 Å². The lowest BCUT2D eigenvalue weighted by Crippen LogP contribution is -2.05. The second-order valence-electron chi connectivity index (χ2n) is 4.51. The molecule has 0 fully saturated rings. The Morgan fingerprint density at radius 2 is 2.10 bits per heavy atom. The third-order valence-electron chi connectivity index (χ3n) is 3.14. The molecule has 2 aromatic carbocycles. The van der Waals surface area contributed by atoms with E-state index in [4.69, 9.17) is 10.6 Å². The maximum Gasteiger partial charge on any atom is 0.198 e. The van der Waals surface area contributed by atoms with Crippen molar-refractivity contribution in [2.75, 3.05) is 5.43 Å². The summed E-state index contributed by atoms with van der Waals surface area (Å²) in [6.07, 6.45) is 0. The molecule has 3 N–H and O–H groups in total. The molecule has 0 aliphatic rings. The van der Waals surface area contributed by atoms with Crippen molar-refractivity contribution in [3.8, 4) is 5.75 Å². The van der Waals surface area contributed by atoms with Crippen LogP contribution < -0.4 is 16.0 Å². The van der Waals surface area contributed by atoms with Gasteiger partial charge in [-0.3, -0.25) is 5.43 Å². The zero-order valence-corrected chi connectivity index (χ0v) is 11.9. The first-order valence-corrected chi connectivity index (χ1v) is 7.12. The van der Waals surface area contributed by atoms with Crippen LogP contribution in [-0.2, 0) is 6.61 Å². The molecule has 102 valence electrons. The minimum Gasteiger partial charge on any atom is -0.489 e. The van der Waals surface area contributed by atoms with Crippen molar-refractivity contribution in [3.05, 3.63) is 53.6 Å². The number of nitrogens with zero attached hydrogens (tertiary/aromatic N) is 1. The van der Waals surface area contributed by atoms with Crippen LogP contribution in [0.15, 0.2) is 42.5 Å². The molecule has 0 atom stereocenters. The number of nitrogens with two attached hydrogens (primary N) is 1. The average Bonchev–Trinajstić information content (AvgIpc) is 2.88. The molecule has 3 aromatic rings. The number of hydrogen-bond donors (Lipinski definition) is 2. The van der Waals surface area contributed by atoms with Crippen molar-refractivity contribution >= 4 is 26.7 Å². The van der Waals surface area contributed by atoms with Crippen LogP contribution in [0, 0.1) is 6.92 Å². The summed E-state index contributed by atoms with van der Waals surface area (Å²) in [6, 6.07) is 14.1. The molecule has 0 aliphatic carbocycles. The highest BCUT2D eigenvalue weighted by Gasteiger charge is 2.05. The Balaban J connectivity index is 1.79. The highest BCUT2D eigenvalue weighted by Crippen LogP contribution is 2.29. The lowest BCUT2D eigenvalue weighted by atomic mass is 10.1. The van der Waals surface area contributed by atoms with Crippen LogP contribution in [0.3, 0.4) is 0 Å². The molecule has 3 rings (SSSR count). The Bertz CT molecular complexity index is 739. The molecule has 0 spiro atoms. The lowest BCUT2D eigenvalue weighted by molar-refractivity contribution is 0.306.